The van der Waals surface area contributed by atoms with Crippen LogP contribution < -0.4 is 5.73 Å². The smallest absolute Gasteiger partial charge is 0.240 e. The summed E-state index contributed by atoms with van der Waals surface area (Å²) < 4.78 is 5.03. The third-order valence-electron chi connectivity index (χ3n) is 3.25. The lowest BCUT2D eigenvalue weighted by atomic mass is 9.90. The van der Waals surface area contributed by atoms with Crippen molar-refractivity contribution < 1.29 is 4.52 Å². The molecule has 0 unspecified atom stereocenters. The van der Waals surface area contributed by atoms with Crippen LogP contribution in [-0.4, -0.2) is 10.1 Å². The van der Waals surface area contributed by atoms with Crippen LogP contribution in [-0.2, 0) is 19.4 Å². The Morgan fingerprint density at radius 2 is 2.00 bits per heavy atom. The maximum Gasteiger partial charge on any atom is 0.240 e. The average molecular weight is 229 g/mol. The number of aryl methyl sites for hydroxylation is 2. The van der Waals surface area contributed by atoms with E-state index in [1.54, 1.807) is 0 Å². The molecule has 1 heterocycles. The summed E-state index contributed by atoms with van der Waals surface area (Å²) in [5.74, 6) is 1.12. The fourth-order valence-corrected chi connectivity index (χ4v) is 2.33. The van der Waals surface area contributed by atoms with Crippen molar-refractivity contribution in [2.75, 3.05) is 0 Å². The van der Waals surface area contributed by atoms with Crippen molar-refractivity contribution in [1.82, 2.24) is 10.1 Å². The topological polar surface area (TPSA) is 64.9 Å². The molecular formula is C13H15N3O. The molecule has 0 fully saturated rings. The monoisotopic (exact) mass is 229 g/mol. The summed E-state index contributed by atoms with van der Waals surface area (Å²) in [5.41, 5.74) is 9.36. The lowest BCUT2D eigenvalue weighted by Gasteiger charge is -2.15. The van der Waals surface area contributed by atoms with Gasteiger partial charge >= 0.3 is 0 Å². The molecule has 0 saturated carbocycles. The van der Waals surface area contributed by atoms with E-state index in [4.69, 9.17) is 10.3 Å². The van der Waals surface area contributed by atoms with Crippen LogP contribution in [0.2, 0.25) is 0 Å². The highest BCUT2D eigenvalue weighted by molar-refractivity contribution is 5.57. The molecule has 0 aliphatic heterocycles. The SMILES string of the molecule is NCc1nc(-c2ccc3c(c2)CCCC3)no1. The lowest BCUT2D eigenvalue weighted by Crippen LogP contribution is -2.02. The minimum Gasteiger partial charge on any atom is -0.338 e. The van der Waals surface area contributed by atoms with Gasteiger partial charge in [-0.25, -0.2) is 0 Å². The van der Waals surface area contributed by atoms with E-state index in [2.05, 4.69) is 28.3 Å². The second-order valence-corrected chi connectivity index (χ2v) is 4.41. The number of benzene rings is 1. The van der Waals surface area contributed by atoms with Gasteiger partial charge in [-0.3, -0.25) is 0 Å². The number of fused-ring (bicyclic) bond motifs is 1. The molecule has 0 bridgehead atoms. The summed E-state index contributed by atoms with van der Waals surface area (Å²) >= 11 is 0. The van der Waals surface area contributed by atoms with Gasteiger partial charge in [0.25, 0.3) is 0 Å². The average Bonchev–Trinajstić information content (AvgIpc) is 2.87. The fraction of sp³-hybridized carbons (Fsp3) is 0.385. The van der Waals surface area contributed by atoms with E-state index < -0.39 is 0 Å². The maximum absolute atomic E-state index is 5.46. The largest absolute Gasteiger partial charge is 0.338 e. The fourth-order valence-electron chi connectivity index (χ4n) is 2.33. The van der Waals surface area contributed by atoms with E-state index in [9.17, 15) is 0 Å². The minimum absolute atomic E-state index is 0.290. The van der Waals surface area contributed by atoms with Gasteiger partial charge in [-0.2, -0.15) is 4.98 Å². The third kappa shape index (κ3) is 1.96. The van der Waals surface area contributed by atoms with Gasteiger partial charge in [0.15, 0.2) is 0 Å². The number of nitrogens with zero attached hydrogens (tertiary/aromatic N) is 2. The number of nitrogens with two attached hydrogens (primary N) is 1. The van der Waals surface area contributed by atoms with Crippen molar-refractivity contribution in [2.24, 2.45) is 5.73 Å². The lowest BCUT2D eigenvalue weighted by molar-refractivity contribution is 0.380. The van der Waals surface area contributed by atoms with Crippen LogP contribution in [0.5, 0.6) is 0 Å². The van der Waals surface area contributed by atoms with Gasteiger partial charge in [0, 0.05) is 5.56 Å². The Bertz CT molecular complexity index is 533. The Morgan fingerprint density at radius 3 is 2.76 bits per heavy atom. The van der Waals surface area contributed by atoms with Gasteiger partial charge in [0.1, 0.15) is 0 Å². The first kappa shape index (κ1) is 10.5. The normalized spacial score (nSPS) is 14.6. The predicted molar refractivity (Wildman–Crippen MR) is 64.3 cm³/mol. The van der Waals surface area contributed by atoms with Crippen LogP contribution in [0.25, 0.3) is 11.4 Å². The molecule has 4 heteroatoms. The van der Waals surface area contributed by atoms with Crippen molar-refractivity contribution in [3.63, 3.8) is 0 Å². The Hall–Kier alpha value is -1.68. The Labute approximate surface area is 99.8 Å². The molecule has 1 aromatic carbocycles. The van der Waals surface area contributed by atoms with E-state index in [0.29, 0.717) is 11.7 Å². The summed E-state index contributed by atoms with van der Waals surface area (Å²) in [4.78, 5) is 4.25. The first-order chi connectivity index (χ1) is 8.36. The number of hydrogen-bond acceptors (Lipinski definition) is 4. The highest BCUT2D eigenvalue weighted by Crippen LogP contribution is 2.25. The van der Waals surface area contributed by atoms with Crippen LogP contribution in [0.15, 0.2) is 22.7 Å². The van der Waals surface area contributed by atoms with Gasteiger partial charge in [0.2, 0.25) is 11.7 Å². The van der Waals surface area contributed by atoms with Crippen LogP contribution in [0.4, 0.5) is 0 Å². The minimum atomic E-state index is 0.290. The van der Waals surface area contributed by atoms with Crippen molar-refractivity contribution in [3.8, 4) is 11.4 Å². The van der Waals surface area contributed by atoms with E-state index in [-0.39, 0.29) is 6.54 Å². The van der Waals surface area contributed by atoms with Crippen LogP contribution >= 0.6 is 0 Å². The molecule has 0 radical (unpaired) electrons. The predicted octanol–water partition coefficient (Wildman–Crippen LogP) is 2.07. The van der Waals surface area contributed by atoms with Crippen molar-refractivity contribution >= 4 is 0 Å². The number of hydrogen-bond donors (Lipinski definition) is 1. The van der Waals surface area contributed by atoms with Crippen LogP contribution in [0.1, 0.15) is 29.9 Å². The maximum atomic E-state index is 5.46. The molecule has 2 N–H and O–H groups in total. The molecule has 88 valence electrons. The molecule has 4 nitrogen and oxygen atoms in total. The number of aromatic nitrogens is 2. The molecule has 0 atom stereocenters. The second-order valence-electron chi connectivity index (χ2n) is 4.41. The first-order valence-corrected chi connectivity index (χ1v) is 6.01. The standard InChI is InChI=1S/C13H15N3O/c14-8-12-15-13(16-17-12)11-6-5-9-3-1-2-4-10(9)7-11/h5-7H,1-4,8,14H2. The van der Waals surface area contributed by atoms with E-state index >= 15 is 0 Å². The van der Waals surface area contributed by atoms with Crippen LogP contribution in [0, 0.1) is 0 Å². The van der Waals surface area contributed by atoms with Crippen molar-refractivity contribution in [2.45, 2.75) is 32.2 Å². The second kappa shape index (κ2) is 4.30. The van der Waals surface area contributed by atoms with Gasteiger partial charge in [0.05, 0.1) is 6.54 Å². The van der Waals surface area contributed by atoms with E-state index in [1.807, 2.05) is 0 Å². The Kier molecular flexibility index (Phi) is 2.65. The zero-order valence-corrected chi connectivity index (χ0v) is 9.65. The molecule has 1 aliphatic rings. The van der Waals surface area contributed by atoms with Crippen molar-refractivity contribution in [3.05, 3.63) is 35.2 Å². The zero-order chi connectivity index (χ0) is 11.7. The molecule has 1 aliphatic carbocycles. The summed E-state index contributed by atoms with van der Waals surface area (Å²) in [5, 5.41) is 3.94. The van der Waals surface area contributed by atoms with Crippen molar-refractivity contribution in [1.29, 1.82) is 0 Å². The Balaban J connectivity index is 1.97. The molecule has 3 rings (SSSR count). The van der Waals surface area contributed by atoms with E-state index in [0.717, 1.165) is 12.0 Å². The highest BCUT2D eigenvalue weighted by Gasteiger charge is 2.12. The molecule has 1 aromatic heterocycles. The molecule has 17 heavy (non-hydrogen) atoms. The summed E-state index contributed by atoms with van der Waals surface area (Å²) in [6.07, 6.45) is 4.92. The molecule has 2 aromatic rings. The quantitative estimate of drug-likeness (QED) is 0.856. The molecule has 0 saturated heterocycles. The van der Waals surface area contributed by atoms with Gasteiger partial charge in [-0.1, -0.05) is 17.3 Å². The highest BCUT2D eigenvalue weighted by atomic mass is 16.5. The first-order valence-electron chi connectivity index (χ1n) is 6.01. The van der Waals surface area contributed by atoms with Crippen LogP contribution in [0.3, 0.4) is 0 Å². The molecular weight excluding hydrogens is 214 g/mol. The third-order valence-corrected chi connectivity index (χ3v) is 3.25. The van der Waals surface area contributed by atoms with E-state index in [1.165, 1.54) is 30.4 Å². The Morgan fingerprint density at radius 1 is 1.18 bits per heavy atom. The van der Waals surface area contributed by atoms with Gasteiger partial charge in [-0.15, -0.1) is 0 Å². The summed E-state index contributed by atoms with van der Waals surface area (Å²) in [7, 11) is 0. The zero-order valence-electron chi connectivity index (χ0n) is 9.65. The van der Waals surface area contributed by atoms with Gasteiger partial charge in [-0.05, 0) is 42.9 Å². The summed E-state index contributed by atoms with van der Waals surface area (Å²) in [6, 6.07) is 6.43. The van der Waals surface area contributed by atoms with Gasteiger partial charge < -0.3 is 10.3 Å². The number of rotatable bonds is 2. The molecule has 0 spiro atoms. The molecule has 0 amide bonds. The summed E-state index contributed by atoms with van der Waals surface area (Å²) in [6.45, 7) is 0.290.